The maximum Gasteiger partial charge on any atom is 0.0624 e. The van der Waals surface area contributed by atoms with E-state index in [-0.39, 0.29) is 0 Å². The van der Waals surface area contributed by atoms with Crippen LogP contribution in [0.15, 0.2) is 0 Å². The zero-order chi connectivity index (χ0) is 11.4. The second kappa shape index (κ2) is 6.02. The van der Waals surface area contributed by atoms with Gasteiger partial charge in [-0.05, 0) is 37.5 Å². The minimum Gasteiger partial charge on any atom is -0.381 e. The molecule has 0 atom stereocenters. The predicted molar refractivity (Wildman–Crippen MR) is 65.5 cm³/mol. The Labute approximate surface area is 99.7 Å². The molecule has 0 spiro atoms. The topological polar surface area (TPSA) is 18.5 Å². The third-order valence-electron chi connectivity index (χ3n) is 4.50. The highest BCUT2D eigenvalue weighted by Crippen LogP contribution is 2.32. The van der Waals surface area contributed by atoms with Crippen molar-refractivity contribution in [1.82, 2.24) is 0 Å². The molecule has 2 heteroatoms. The van der Waals surface area contributed by atoms with Crippen LogP contribution in [-0.2, 0) is 9.47 Å². The quantitative estimate of drug-likeness (QED) is 0.715. The molecule has 94 valence electrons. The summed E-state index contributed by atoms with van der Waals surface area (Å²) in [5.41, 5.74) is 0. The normalized spacial score (nSPS) is 39.4. The molecule has 0 aliphatic heterocycles. The lowest BCUT2D eigenvalue weighted by molar-refractivity contribution is -0.0972. The van der Waals surface area contributed by atoms with E-state index in [9.17, 15) is 0 Å². The van der Waals surface area contributed by atoms with Crippen LogP contribution in [0, 0.1) is 11.8 Å². The SMILES string of the molecule is CCC1CCC(COC2CC(OC)C2)CC1. The number of hydrogen-bond acceptors (Lipinski definition) is 2. The predicted octanol–water partition coefficient (Wildman–Crippen LogP) is 3.40. The van der Waals surface area contributed by atoms with E-state index in [1.807, 2.05) is 0 Å². The van der Waals surface area contributed by atoms with Gasteiger partial charge in [0.2, 0.25) is 0 Å². The van der Waals surface area contributed by atoms with E-state index < -0.39 is 0 Å². The van der Waals surface area contributed by atoms with E-state index >= 15 is 0 Å². The highest BCUT2D eigenvalue weighted by atomic mass is 16.5. The first-order valence-electron chi connectivity index (χ1n) is 6.96. The first kappa shape index (κ1) is 12.4. The molecule has 0 unspecified atom stereocenters. The van der Waals surface area contributed by atoms with Crippen LogP contribution in [0.1, 0.15) is 51.9 Å². The fraction of sp³-hybridized carbons (Fsp3) is 1.00. The van der Waals surface area contributed by atoms with Crippen LogP contribution in [0.3, 0.4) is 0 Å². The summed E-state index contributed by atoms with van der Waals surface area (Å²) in [6.45, 7) is 3.32. The van der Waals surface area contributed by atoms with Crippen LogP contribution < -0.4 is 0 Å². The van der Waals surface area contributed by atoms with E-state index in [0.717, 1.165) is 31.3 Å². The van der Waals surface area contributed by atoms with E-state index in [2.05, 4.69) is 6.92 Å². The van der Waals surface area contributed by atoms with Gasteiger partial charge in [-0.2, -0.15) is 0 Å². The van der Waals surface area contributed by atoms with Gasteiger partial charge >= 0.3 is 0 Å². The van der Waals surface area contributed by atoms with Gasteiger partial charge in [-0.3, -0.25) is 0 Å². The van der Waals surface area contributed by atoms with E-state index in [4.69, 9.17) is 9.47 Å². The molecule has 0 saturated heterocycles. The molecule has 0 aromatic carbocycles. The van der Waals surface area contributed by atoms with Crippen LogP contribution >= 0.6 is 0 Å². The first-order valence-corrected chi connectivity index (χ1v) is 6.96. The summed E-state index contributed by atoms with van der Waals surface area (Å²) in [5, 5.41) is 0. The van der Waals surface area contributed by atoms with E-state index in [0.29, 0.717) is 12.2 Å². The molecular formula is C14H26O2. The van der Waals surface area contributed by atoms with E-state index in [1.54, 1.807) is 7.11 Å². The summed E-state index contributed by atoms with van der Waals surface area (Å²) in [5.74, 6) is 1.84. The van der Waals surface area contributed by atoms with Crippen molar-refractivity contribution in [3.05, 3.63) is 0 Å². The van der Waals surface area contributed by atoms with Crippen molar-refractivity contribution in [1.29, 1.82) is 0 Å². The fourth-order valence-electron chi connectivity index (χ4n) is 2.92. The summed E-state index contributed by atoms with van der Waals surface area (Å²) in [7, 11) is 1.80. The highest BCUT2D eigenvalue weighted by molar-refractivity contribution is 4.81. The third kappa shape index (κ3) is 3.21. The third-order valence-corrected chi connectivity index (χ3v) is 4.50. The lowest BCUT2D eigenvalue weighted by Gasteiger charge is -2.36. The molecule has 0 heterocycles. The van der Waals surface area contributed by atoms with Gasteiger partial charge < -0.3 is 9.47 Å². The Bertz CT molecular complexity index is 191. The van der Waals surface area contributed by atoms with Crippen molar-refractivity contribution < 1.29 is 9.47 Å². The molecule has 16 heavy (non-hydrogen) atoms. The van der Waals surface area contributed by atoms with Crippen molar-refractivity contribution in [3.8, 4) is 0 Å². The molecule has 2 saturated carbocycles. The molecular weight excluding hydrogens is 200 g/mol. The average molecular weight is 226 g/mol. The molecule has 0 aromatic heterocycles. The summed E-state index contributed by atoms with van der Waals surface area (Å²) in [6, 6.07) is 0. The molecule has 2 aliphatic carbocycles. The summed E-state index contributed by atoms with van der Waals surface area (Å²) in [6.07, 6.45) is 10.2. The first-order chi connectivity index (χ1) is 7.81. The minimum absolute atomic E-state index is 0.473. The van der Waals surface area contributed by atoms with Crippen molar-refractivity contribution in [3.63, 3.8) is 0 Å². The lowest BCUT2D eigenvalue weighted by atomic mass is 9.81. The Hall–Kier alpha value is -0.0800. The Morgan fingerprint density at radius 3 is 2.12 bits per heavy atom. The average Bonchev–Trinajstić information content (AvgIpc) is 2.28. The Balaban J connectivity index is 1.54. The number of hydrogen-bond donors (Lipinski definition) is 0. The van der Waals surface area contributed by atoms with Crippen LogP contribution in [0.4, 0.5) is 0 Å². The molecule has 0 N–H and O–H groups in total. The Morgan fingerprint density at radius 2 is 1.56 bits per heavy atom. The fourth-order valence-corrected chi connectivity index (χ4v) is 2.92. The van der Waals surface area contributed by atoms with Crippen LogP contribution in [0.2, 0.25) is 0 Å². The summed E-state index contributed by atoms with van der Waals surface area (Å²) < 4.78 is 11.2. The van der Waals surface area contributed by atoms with Gasteiger partial charge in [-0.1, -0.05) is 26.2 Å². The summed E-state index contributed by atoms with van der Waals surface area (Å²) in [4.78, 5) is 0. The number of ether oxygens (including phenoxy) is 2. The summed E-state index contributed by atoms with van der Waals surface area (Å²) >= 11 is 0. The molecule has 2 nitrogen and oxygen atoms in total. The van der Waals surface area contributed by atoms with Gasteiger partial charge in [-0.15, -0.1) is 0 Å². The largest absolute Gasteiger partial charge is 0.381 e. The van der Waals surface area contributed by atoms with Gasteiger partial charge in [-0.25, -0.2) is 0 Å². The van der Waals surface area contributed by atoms with Crippen LogP contribution in [0.5, 0.6) is 0 Å². The highest BCUT2D eigenvalue weighted by Gasteiger charge is 2.30. The second-order valence-corrected chi connectivity index (χ2v) is 5.58. The maximum absolute atomic E-state index is 5.94. The molecule has 2 fully saturated rings. The van der Waals surface area contributed by atoms with Crippen molar-refractivity contribution in [2.75, 3.05) is 13.7 Å². The minimum atomic E-state index is 0.473. The van der Waals surface area contributed by atoms with Crippen molar-refractivity contribution >= 4 is 0 Å². The van der Waals surface area contributed by atoms with E-state index in [1.165, 1.54) is 32.1 Å². The molecule has 0 aromatic rings. The molecule has 2 aliphatic rings. The monoisotopic (exact) mass is 226 g/mol. The number of rotatable bonds is 5. The van der Waals surface area contributed by atoms with Gasteiger partial charge in [0.15, 0.2) is 0 Å². The maximum atomic E-state index is 5.94. The Kier molecular flexibility index (Phi) is 4.66. The Morgan fingerprint density at radius 1 is 0.938 bits per heavy atom. The molecule has 0 radical (unpaired) electrons. The zero-order valence-electron chi connectivity index (χ0n) is 10.8. The molecule has 2 rings (SSSR count). The standard InChI is InChI=1S/C14H26O2/c1-3-11-4-6-12(7-5-11)10-16-14-8-13(9-14)15-2/h11-14H,3-10H2,1-2H3. The van der Waals surface area contributed by atoms with Crippen LogP contribution in [-0.4, -0.2) is 25.9 Å². The van der Waals surface area contributed by atoms with Gasteiger partial charge in [0, 0.05) is 13.7 Å². The van der Waals surface area contributed by atoms with Crippen molar-refractivity contribution in [2.24, 2.45) is 11.8 Å². The molecule has 0 amide bonds. The van der Waals surface area contributed by atoms with Gasteiger partial charge in [0.1, 0.15) is 0 Å². The van der Waals surface area contributed by atoms with Gasteiger partial charge in [0.05, 0.1) is 12.2 Å². The smallest absolute Gasteiger partial charge is 0.0624 e. The van der Waals surface area contributed by atoms with Gasteiger partial charge in [0.25, 0.3) is 0 Å². The second-order valence-electron chi connectivity index (χ2n) is 5.58. The lowest BCUT2D eigenvalue weighted by Crippen LogP contribution is -2.38. The number of methoxy groups -OCH3 is 1. The molecule has 0 bridgehead atoms. The zero-order valence-corrected chi connectivity index (χ0v) is 10.8. The van der Waals surface area contributed by atoms with Crippen molar-refractivity contribution in [2.45, 2.75) is 64.1 Å². The van der Waals surface area contributed by atoms with Crippen LogP contribution in [0.25, 0.3) is 0 Å².